The standard InChI is InChI=1S/C20H27NO5/c1-25-16-10-9-14(13-17(16)26-15-7-3-4-8-15)18(22)21-20(19(23)24)11-5-2-6-12-20/h9-10,13,15H,2-8,11-12H2,1H3,(H,21,22)(H,23,24). The molecule has 2 saturated carbocycles. The molecule has 1 aromatic rings. The summed E-state index contributed by atoms with van der Waals surface area (Å²) >= 11 is 0. The summed E-state index contributed by atoms with van der Waals surface area (Å²) in [5.74, 6) is -0.214. The van der Waals surface area contributed by atoms with E-state index in [1.807, 2.05) is 0 Å². The lowest BCUT2D eigenvalue weighted by Crippen LogP contribution is -2.55. The number of carbonyl (C=O) groups excluding carboxylic acids is 1. The third-order valence-corrected chi connectivity index (χ3v) is 5.49. The summed E-state index contributed by atoms with van der Waals surface area (Å²) in [5.41, 5.74) is -0.771. The summed E-state index contributed by atoms with van der Waals surface area (Å²) in [6.07, 6.45) is 8.01. The smallest absolute Gasteiger partial charge is 0.329 e. The summed E-state index contributed by atoms with van der Waals surface area (Å²) in [6.45, 7) is 0. The van der Waals surface area contributed by atoms with Crippen molar-refractivity contribution in [2.75, 3.05) is 7.11 Å². The number of nitrogens with one attached hydrogen (secondary N) is 1. The SMILES string of the molecule is COc1ccc(C(=O)NC2(C(=O)O)CCCCC2)cc1OC1CCCC1. The minimum absolute atomic E-state index is 0.144. The van der Waals surface area contributed by atoms with Gasteiger partial charge in [0, 0.05) is 5.56 Å². The lowest BCUT2D eigenvalue weighted by Gasteiger charge is -2.34. The van der Waals surface area contributed by atoms with Crippen molar-refractivity contribution < 1.29 is 24.2 Å². The van der Waals surface area contributed by atoms with Crippen molar-refractivity contribution in [2.45, 2.75) is 69.4 Å². The second-order valence-corrected chi connectivity index (χ2v) is 7.29. The molecule has 0 spiro atoms. The molecule has 142 valence electrons. The van der Waals surface area contributed by atoms with E-state index in [1.165, 1.54) is 0 Å². The fraction of sp³-hybridized carbons (Fsp3) is 0.600. The van der Waals surface area contributed by atoms with Crippen LogP contribution in [-0.4, -0.2) is 35.7 Å². The minimum atomic E-state index is -1.16. The molecule has 2 N–H and O–H groups in total. The summed E-state index contributed by atoms with van der Waals surface area (Å²) in [7, 11) is 1.57. The fourth-order valence-electron chi connectivity index (χ4n) is 3.93. The van der Waals surface area contributed by atoms with E-state index in [0.717, 1.165) is 44.9 Å². The van der Waals surface area contributed by atoms with Crippen molar-refractivity contribution >= 4 is 11.9 Å². The Balaban J connectivity index is 1.78. The number of carbonyl (C=O) groups is 2. The van der Waals surface area contributed by atoms with E-state index < -0.39 is 11.5 Å². The van der Waals surface area contributed by atoms with Gasteiger partial charge in [-0.25, -0.2) is 4.79 Å². The van der Waals surface area contributed by atoms with Crippen LogP contribution in [0.1, 0.15) is 68.1 Å². The van der Waals surface area contributed by atoms with Crippen LogP contribution in [0, 0.1) is 0 Å². The van der Waals surface area contributed by atoms with Crippen LogP contribution in [0.2, 0.25) is 0 Å². The highest BCUT2D eigenvalue weighted by Crippen LogP contribution is 2.33. The molecule has 3 rings (SSSR count). The molecule has 2 aliphatic carbocycles. The normalized spacial score (nSPS) is 19.7. The van der Waals surface area contributed by atoms with Crippen molar-refractivity contribution in [3.63, 3.8) is 0 Å². The Morgan fingerprint density at radius 1 is 1.08 bits per heavy atom. The zero-order valence-electron chi connectivity index (χ0n) is 15.3. The van der Waals surface area contributed by atoms with Crippen LogP contribution < -0.4 is 14.8 Å². The maximum Gasteiger partial charge on any atom is 0.329 e. The van der Waals surface area contributed by atoms with E-state index >= 15 is 0 Å². The van der Waals surface area contributed by atoms with Gasteiger partial charge in [0.1, 0.15) is 5.54 Å². The van der Waals surface area contributed by atoms with Crippen LogP contribution in [0.3, 0.4) is 0 Å². The average Bonchev–Trinajstić information content (AvgIpc) is 3.15. The van der Waals surface area contributed by atoms with Crippen molar-refractivity contribution in [1.82, 2.24) is 5.32 Å². The maximum absolute atomic E-state index is 12.7. The van der Waals surface area contributed by atoms with Crippen LogP contribution in [0.4, 0.5) is 0 Å². The Labute approximate surface area is 153 Å². The molecule has 0 radical (unpaired) electrons. The number of aliphatic carboxylic acids is 1. The Kier molecular flexibility index (Phi) is 5.69. The number of benzene rings is 1. The van der Waals surface area contributed by atoms with Crippen LogP contribution in [-0.2, 0) is 4.79 Å². The first kappa shape index (κ1) is 18.5. The number of hydrogen-bond acceptors (Lipinski definition) is 4. The van der Waals surface area contributed by atoms with E-state index in [2.05, 4.69) is 5.32 Å². The molecule has 6 heteroatoms. The molecule has 6 nitrogen and oxygen atoms in total. The first-order valence-corrected chi connectivity index (χ1v) is 9.45. The number of methoxy groups -OCH3 is 1. The molecular weight excluding hydrogens is 334 g/mol. The molecule has 1 aromatic carbocycles. The second-order valence-electron chi connectivity index (χ2n) is 7.29. The van der Waals surface area contributed by atoms with E-state index in [4.69, 9.17) is 9.47 Å². The lowest BCUT2D eigenvalue weighted by molar-refractivity contribution is -0.145. The van der Waals surface area contributed by atoms with E-state index in [9.17, 15) is 14.7 Å². The first-order valence-electron chi connectivity index (χ1n) is 9.45. The second kappa shape index (κ2) is 7.98. The molecule has 26 heavy (non-hydrogen) atoms. The van der Waals surface area contributed by atoms with E-state index in [-0.39, 0.29) is 12.0 Å². The van der Waals surface area contributed by atoms with Gasteiger partial charge in [0.25, 0.3) is 5.91 Å². The highest BCUT2D eigenvalue weighted by atomic mass is 16.5. The number of hydrogen-bond donors (Lipinski definition) is 2. The zero-order chi connectivity index (χ0) is 18.6. The predicted octanol–water partition coefficient (Wildman–Crippen LogP) is 3.53. The van der Waals surface area contributed by atoms with Gasteiger partial charge >= 0.3 is 5.97 Å². The molecule has 0 aliphatic heterocycles. The van der Waals surface area contributed by atoms with Crippen molar-refractivity contribution in [1.29, 1.82) is 0 Å². The molecule has 0 atom stereocenters. The van der Waals surface area contributed by atoms with Crippen molar-refractivity contribution in [3.05, 3.63) is 23.8 Å². The number of carboxylic acid groups (broad SMARTS) is 1. The van der Waals surface area contributed by atoms with Crippen LogP contribution in [0.15, 0.2) is 18.2 Å². The highest BCUT2D eigenvalue weighted by Gasteiger charge is 2.41. The van der Waals surface area contributed by atoms with Gasteiger partial charge in [-0.05, 0) is 56.7 Å². The van der Waals surface area contributed by atoms with Gasteiger partial charge in [-0.15, -0.1) is 0 Å². The molecule has 0 aromatic heterocycles. The first-order chi connectivity index (χ1) is 12.5. The molecule has 2 aliphatic rings. The van der Waals surface area contributed by atoms with Crippen molar-refractivity contribution in [3.8, 4) is 11.5 Å². The van der Waals surface area contributed by atoms with Gasteiger partial charge < -0.3 is 19.9 Å². The summed E-state index contributed by atoms with van der Waals surface area (Å²) in [6, 6.07) is 5.01. The molecule has 0 heterocycles. The maximum atomic E-state index is 12.7. The summed E-state index contributed by atoms with van der Waals surface area (Å²) < 4.78 is 11.4. The van der Waals surface area contributed by atoms with Gasteiger partial charge in [0.05, 0.1) is 13.2 Å². The topological polar surface area (TPSA) is 84.9 Å². The lowest BCUT2D eigenvalue weighted by atomic mass is 9.81. The highest BCUT2D eigenvalue weighted by molar-refractivity contribution is 5.98. The summed E-state index contributed by atoms with van der Waals surface area (Å²) in [4.78, 5) is 24.5. The van der Waals surface area contributed by atoms with Gasteiger partial charge in [-0.2, -0.15) is 0 Å². The summed E-state index contributed by atoms with van der Waals surface area (Å²) in [5, 5.41) is 12.4. The predicted molar refractivity (Wildman–Crippen MR) is 96.8 cm³/mol. The Morgan fingerprint density at radius 2 is 1.77 bits per heavy atom. The molecule has 2 fully saturated rings. The van der Waals surface area contributed by atoms with Gasteiger partial charge in [0.15, 0.2) is 11.5 Å². The Morgan fingerprint density at radius 3 is 2.38 bits per heavy atom. The van der Waals surface area contributed by atoms with E-state index in [1.54, 1.807) is 25.3 Å². The number of rotatable bonds is 6. The number of amides is 1. The monoisotopic (exact) mass is 361 g/mol. The number of ether oxygens (including phenoxy) is 2. The van der Waals surface area contributed by atoms with Gasteiger partial charge in [-0.3, -0.25) is 4.79 Å². The van der Waals surface area contributed by atoms with Gasteiger partial charge in [-0.1, -0.05) is 19.3 Å². The quantitative estimate of drug-likeness (QED) is 0.810. The third kappa shape index (κ3) is 3.94. The molecule has 0 unspecified atom stereocenters. The molecule has 1 amide bonds. The Hall–Kier alpha value is -2.24. The average molecular weight is 361 g/mol. The molecule has 0 bridgehead atoms. The van der Waals surface area contributed by atoms with Crippen LogP contribution in [0.5, 0.6) is 11.5 Å². The van der Waals surface area contributed by atoms with Gasteiger partial charge in [0.2, 0.25) is 0 Å². The van der Waals surface area contributed by atoms with E-state index in [0.29, 0.717) is 29.9 Å². The number of carboxylic acids is 1. The van der Waals surface area contributed by atoms with Crippen LogP contribution >= 0.6 is 0 Å². The fourth-order valence-corrected chi connectivity index (χ4v) is 3.93. The largest absolute Gasteiger partial charge is 0.493 e. The van der Waals surface area contributed by atoms with Crippen molar-refractivity contribution in [2.24, 2.45) is 0 Å². The third-order valence-electron chi connectivity index (χ3n) is 5.49. The Bertz CT molecular complexity index is 660. The molecule has 0 saturated heterocycles. The zero-order valence-corrected chi connectivity index (χ0v) is 15.3. The minimum Gasteiger partial charge on any atom is -0.493 e. The van der Waals surface area contributed by atoms with Crippen LogP contribution in [0.25, 0.3) is 0 Å². The molecular formula is C20H27NO5.